The van der Waals surface area contributed by atoms with Crippen LogP contribution in [0.1, 0.15) is 10.4 Å². The number of primary amides is 1. The van der Waals surface area contributed by atoms with Crippen molar-refractivity contribution in [1.82, 2.24) is 0 Å². The summed E-state index contributed by atoms with van der Waals surface area (Å²) in [5, 5.41) is 10.4. The lowest BCUT2D eigenvalue weighted by molar-refractivity contribution is 0.100. The van der Waals surface area contributed by atoms with Crippen molar-refractivity contribution in [3.8, 4) is 33.8 Å². The topological polar surface area (TPSA) is 72.6 Å². The molecule has 3 aromatic carbocycles. The molecule has 3 rings (SSSR count). The van der Waals surface area contributed by atoms with Gasteiger partial charge in [0.2, 0.25) is 5.91 Å². The van der Waals surface area contributed by atoms with Crippen molar-refractivity contribution in [3.63, 3.8) is 0 Å². The molecule has 0 saturated heterocycles. The van der Waals surface area contributed by atoms with E-state index in [1.165, 1.54) is 31.4 Å². The van der Waals surface area contributed by atoms with Gasteiger partial charge in [0.05, 0.1) is 7.11 Å². The molecule has 0 aliphatic heterocycles. The summed E-state index contributed by atoms with van der Waals surface area (Å²) in [6.45, 7) is 0. The zero-order chi connectivity index (χ0) is 18.0. The van der Waals surface area contributed by atoms with Crippen LogP contribution in [0.15, 0.2) is 60.7 Å². The summed E-state index contributed by atoms with van der Waals surface area (Å²) in [5.74, 6) is -0.511. The molecular formula is C20H16FNO3. The molecule has 3 aromatic rings. The predicted octanol–water partition coefficient (Wildman–Crippen LogP) is 3.97. The van der Waals surface area contributed by atoms with E-state index in [4.69, 9.17) is 10.5 Å². The van der Waals surface area contributed by atoms with E-state index in [2.05, 4.69) is 0 Å². The summed E-state index contributed by atoms with van der Waals surface area (Å²) in [7, 11) is 1.49. The second-order valence-corrected chi connectivity index (χ2v) is 5.49. The highest BCUT2D eigenvalue weighted by atomic mass is 19.1. The maximum absolute atomic E-state index is 13.8. The van der Waals surface area contributed by atoms with E-state index >= 15 is 0 Å². The first-order chi connectivity index (χ1) is 12.0. The molecule has 0 aromatic heterocycles. The number of benzene rings is 3. The average Bonchev–Trinajstić information content (AvgIpc) is 2.61. The van der Waals surface area contributed by atoms with Gasteiger partial charge in [0, 0.05) is 16.7 Å². The fourth-order valence-electron chi connectivity index (χ4n) is 2.79. The van der Waals surface area contributed by atoms with Crippen molar-refractivity contribution in [2.75, 3.05) is 7.11 Å². The van der Waals surface area contributed by atoms with Gasteiger partial charge in [-0.2, -0.15) is 0 Å². The van der Waals surface area contributed by atoms with Gasteiger partial charge in [-0.15, -0.1) is 0 Å². The summed E-state index contributed by atoms with van der Waals surface area (Å²) in [5.41, 5.74) is 7.80. The van der Waals surface area contributed by atoms with E-state index in [0.29, 0.717) is 33.6 Å². The van der Waals surface area contributed by atoms with Crippen LogP contribution >= 0.6 is 0 Å². The number of carbonyl (C=O) groups excluding carboxylic acids is 1. The standard InChI is InChI=1S/C20H16FNO3/c1-25-18-9-8-14(21)11-16(18)15-6-3-7-17(23)19(15)12-4-2-5-13(10-12)20(22)24/h2-11,23H,1H3,(H2,22,24). The summed E-state index contributed by atoms with van der Waals surface area (Å²) in [6, 6.07) is 15.7. The van der Waals surface area contributed by atoms with E-state index in [0.717, 1.165) is 0 Å². The summed E-state index contributed by atoms with van der Waals surface area (Å²) in [4.78, 5) is 11.5. The zero-order valence-electron chi connectivity index (χ0n) is 13.5. The monoisotopic (exact) mass is 337 g/mol. The lowest BCUT2D eigenvalue weighted by atomic mass is 9.92. The Hall–Kier alpha value is -3.34. The maximum atomic E-state index is 13.8. The number of amides is 1. The van der Waals surface area contributed by atoms with Crippen molar-refractivity contribution in [1.29, 1.82) is 0 Å². The molecule has 0 atom stereocenters. The number of nitrogens with two attached hydrogens (primary N) is 1. The van der Waals surface area contributed by atoms with Crippen molar-refractivity contribution >= 4 is 5.91 Å². The lowest BCUT2D eigenvalue weighted by Gasteiger charge is -2.15. The van der Waals surface area contributed by atoms with Gasteiger partial charge in [-0.1, -0.05) is 24.3 Å². The molecule has 0 spiro atoms. The summed E-state index contributed by atoms with van der Waals surface area (Å²) < 4.78 is 19.1. The van der Waals surface area contributed by atoms with Crippen LogP contribution in [0, 0.1) is 5.82 Å². The Morgan fingerprint density at radius 1 is 1.04 bits per heavy atom. The summed E-state index contributed by atoms with van der Waals surface area (Å²) in [6.07, 6.45) is 0. The number of halogens is 1. The predicted molar refractivity (Wildman–Crippen MR) is 94.0 cm³/mol. The minimum Gasteiger partial charge on any atom is -0.507 e. The number of hydrogen-bond donors (Lipinski definition) is 2. The lowest BCUT2D eigenvalue weighted by Crippen LogP contribution is -2.10. The first-order valence-corrected chi connectivity index (χ1v) is 7.57. The molecule has 0 aliphatic rings. The molecular weight excluding hydrogens is 321 g/mol. The van der Waals surface area contributed by atoms with E-state index in [-0.39, 0.29) is 5.75 Å². The van der Waals surface area contributed by atoms with Gasteiger partial charge in [-0.3, -0.25) is 4.79 Å². The minimum atomic E-state index is -0.567. The van der Waals surface area contributed by atoms with E-state index in [1.54, 1.807) is 36.4 Å². The molecule has 0 saturated carbocycles. The highest BCUT2D eigenvalue weighted by Gasteiger charge is 2.17. The number of ether oxygens (including phenoxy) is 1. The van der Waals surface area contributed by atoms with Gasteiger partial charge in [-0.05, 0) is 47.5 Å². The van der Waals surface area contributed by atoms with Crippen LogP contribution in [-0.4, -0.2) is 18.1 Å². The molecule has 25 heavy (non-hydrogen) atoms. The third-order valence-electron chi connectivity index (χ3n) is 3.93. The van der Waals surface area contributed by atoms with Crippen LogP contribution in [0.4, 0.5) is 4.39 Å². The third-order valence-corrected chi connectivity index (χ3v) is 3.93. The molecule has 5 heteroatoms. The SMILES string of the molecule is COc1ccc(F)cc1-c1cccc(O)c1-c1cccc(C(N)=O)c1. The number of aromatic hydroxyl groups is 1. The smallest absolute Gasteiger partial charge is 0.248 e. The van der Waals surface area contributed by atoms with Crippen LogP contribution in [-0.2, 0) is 0 Å². The first-order valence-electron chi connectivity index (χ1n) is 7.57. The van der Waals surface area contributed by atoms with Gasteiger partial charge < -0.3 is 15.6 Å². The van der Waals surface area contributed by atoms with E-state index in [9.17, 15) is 14.3 Å². The molecule has 0 aliphatic carbocycles. The quantitative estimate of drug-likeness (QED) is 0.756. The zero-order valence-corrected chi connectivity index (χ0v) is 13.5. The maximum Gasteiger partial charge on any atom is 0.248 e. The van der Waals surface area contributed by atoms with Gasteiger partial charge in [0.25, 0.3) is 0 Å². The number of rotatable bonds is 4. The molecule has 0 bridgehead atoms. The highest BCUT2D eigenvalue weighted by Crippen LogP contribution is 2.42. The highest BCUT2D eigenvalue weighted by molar-refractivity contribution is 5.96. The second-order valence-electron chi connectivity index (χ2n) is 5.49. The Labute approximate surface area is 144 Å². The number of phenols is 1. The van der Waals surface area contributed by atoms with Crippen LogP contribution in [0.5, 0.6) is 11.5 Å². The number of carbonyl (C=O) groups is 1. The molecule has 3 N–H and O–H groups in total. The van der Waals surface area contributed by atoms with Crippen LogP contribution in [0.25, 0.3) is 22.3 Å². The Morgan fingerprint density at radius 3 is 2.52 bits per heavy atom. The number of hydrogen-bond acceptors (Lipinski definition) is 3. The summed E-state index contributed by atoms with van der Waals surface area (Å²) >= 11 is 0. The Morgan fingerprint density at radius 2 is 1.80 bits per heavy atom. The third kappa shape index (κ3) is 3.17. The molecule has 0 fully saturated rings. The van der Waals surface area contributed by atoms with Crippen LogP contribution in [0.2, 0.25) is 0 Å². The Balaban J connectivity index is 2.28. The largest absolute Gasteiger partial charge is 0.507 e. The molecule has 4 nitrogen and oxygen atoms in total. The number of phenolic OH excluding ortho intramolecular Hbond substituents is 1. The minimum absolute atomic E-state index is 0.00503. The fourth-order valence-corrected chi connectivity index (χ4v) is 2.79. The molecule has 126 valence electrons. The van der Waals surface area contributed by atoms with Crippen molar-refractivity contribution in [2.24, 2.45) is 5.73 Å². The first kappa shape index (κ1) is 16.5. The van der Waals surface area contributed by atoms with Crippen LogP contribution < -0.4 is 10.5 Å². The van der Waals surface area contributed by atoms with Gasteiger partial charge in [-0.25, -0.2) is 4.39 Å². The van der Waals surface area contributed by atoms with E-state index in [1.807, 2.05) is 0 Å². The molecule has 0 heterocycles. The second kappa shape index (κ2) is 6.65. The van der Waals surface area contributed by atoms with Crippen molar-refractivity contribution < 1.29 is 19.0 Å². The van der Waals surface area contributed by atoms with Crippen molar-refractivity contribution in [2.45, 2.75) is 0 Å². The Bertz CT molecular complexity index is 953. The van der Waals surface area contributed by atoms with Crippen LogP contribution in [0.3, 0.4) is 0 Å². The normalized spacial score (nSPS) is 10.5. The van der Waals surface area contributed by atoms with Gasteiger partial charge in [0.15, 0.2) is 0 Å². The van der Waals surface area contributed by atoms with Crippen molar-refractivity contribution in [3.05, 3.63) is 72.0 Å². The molecule has 0 radical (unpaired) electrons. The van der Waals surface area contributed by atoms with Gasteiger partial charge in [0.1, 0.15) is 17.3 Å². The van der Waals surface area contributed by atoms with Gasteiger partial charge >= 0.3 is 0 Å². The fraction of sp³-hybridized carbons (Fsp3) is 0.0500. The van der Waals surface area contributed by atoms with E-state index < -0.39 is 11.7 Å². The Kier molecular flexibility index (Phi) is 4.39. The number of methoxy groups -OCH3 is 1. The molecule has 0 unspecified atom stereocenters. The average molecular weight is 337 g/mol. The molecule has 1 amide bonds.